The summed E-state index contributed by atoms with van der Waals surface area (Å²) in [6, 6.07) is 0. The first-order valence-electron chi connectivity index (χ1n) is 4.94. The van der Waals surface area contributed by atoms with Crippen LogP contribution in [0, 0.1) is 16.7 Å². The van der Waals surface area contributed by atoms with Crippen LogP contribution in [0.5, 0.6) is 0 Å². The molecular weight excluding hydrogens is 180 g/mol. The summed E-state index contributed by atoms with van der Waals surface area (Å²) in [5.41, 5.74) is 1.02. The van der Waals surface area contributed by atoms with E-state index in [1.54, 1.807) is 0 Å². The van der Waals surface area contributed by atoms with Gasteiger partial charge in [-0.15, -0.1) is 0 Å². The molecule has 2 unspecified atom stereocenters. The molecular formula is C10H16N2O2. The van der Waals surface area contributed by atoms with E-state index in [2.05, 4.69) is 31.1 Å². The Balaban J connectivity index is 2.60. The van der Waals surface area contributed by atoms with Gasteiger partial charge in [-0.25, -0.2) is 0 Å². The molecule has 0 spiro atoms. The van der Waals surface area contributed by atoms with Crippen LogP contribution in [0.3, 0.4) is 0 Å². The molecule has 0 aliphatic heterocycles. The number of fused-ring (bicyclic) bond motifs is 2. The molecule has 0 aromatic heterocycles. The van der Waals surface area contributed by atoms with Crippen LogP contribution >= 0.6 is 0 Å². The standard InChI is InChI=1S/C10H16N2O2/c1-9(2)6-4-5-10(9,3)8(12-14)7(6)11-13/h6,13-14H,4-5H2,1-3H3. The van der Waals surface area contributed by atoms with Gasteiger partial charge in [0.1, 0.15) is 11.4 Å². The van der Waals surface area contributed by atoms with E-state index in [-0.39, 0.29) is 16.7 Å². The van der Waals surface area contributed by atoms with Crippen molar-refractivity contribution < 1.29 is 10.4 Å². The van der Waals surface area contributed by atoms with E-state index in [9.17, 15) is 0 Å². The minimum Gasteiger partial charge on any atom is -0.411 e. The first-order valence-corrected chi connectivity index (χ1v) is 4.94. The van der Waals surface area contributed by atoms with Crippen molar-refractivity contribution in [2.24, 2.45) is 27.1 Å². The maximum Gasteiger partial charge on any atom is 0.111 e. The lowest BCUT2D eigenvalue weighted by molar-refractivity contribution is 0.200. The number of rotatable bonds is 0. The number of nitrogens with zero attached hydrogens (tertiary/aromatic N) is 2. The van der Waals surface area contributed by atoms with Crippen LogP contribution in [-0.4, -0.2) is 21.8 Å². The molecule has 2 N–H and O–H groups in total. The Morgan fingerprint density at radius 2 is 1.86 bits per heavy atom. The zero-order chi connectivity index (χ0) is 10.6. The summed E-state index contributed by atoms with van der Waals surface area (Å²) in [4.78, 5) is 0. The molecule has 4 nitrogen and oxygen atoms in total. The minimum absolute atomic E-state index is 0.0239. The second-order valence-corrected chi connectivity index (χ2v) is 5.08. The van der Waals surface area contributed by atoms with Gasteiger partial charge in [0, 0.05) is 11.3 Å². The molecule has 0 aromatic carbocycles. The van der Waals surface area contributed by atoms with Gasteiger partial charge in [0.25, 0.3) is 0 Å². The Kier molecular flexibility index (Phi) is 1.69. The average Bonchev–Trinajstić information content (AvgIpc) is 2.46. The van der Waals surface area contributed by atoms with Crippen LogP contribution in [0.2, 0.25) is 0 Å². The molecule has 0 radical (unpaired) electrons. The zero-order valence-electron chi connectivity index (χ0n) is 8.78. The fraction of sp³-hybridized carbons (Fsp3) is 0.800. The maximum atomic E-state index is 8.98. The predicted molar refractivity (Wildman–Crippen MR) is 53.1 cm³/mol. The third-order valence-electron chi connectivity index (χ3n) is 4.53. The summed E-state index contributed by atoms with van der Waals surface area (Å²) in [5, 5.41) is 24.5. The van der Waals surface area contributed by atoms with Gasteiger partial charge in [-0.2, -0.15) is 0 Å². The van der Waals surface area contributed by atoms with Crippen LogP contribution in [0.15, 0.2) is 10.3 Å². The lowest BCUT2D eigenvalue weighted by Gasteiger charge is -2.32. The molecule has 2 rings (SSSR count). The summed E-state index contributed by atoms with van der Waals surface area (Å²) in [5.74, 6) is 0.225. The highest BCUT2D eigenvalue weighted by atomic mass is 16.4. The van der Waals surface area contributed by atoms with Crippen LogP contribution in [0.4, 0.5) is 0 Å². The molecule has 0 aromatic rings. The highest BCUT2D eigenvalue weighted by molar-refractivity contribution is 6.47. The largest absolute Gasteiger partial charge is 0.411 e. The summed E-state index contributed by atoms with van der Waals surface area (Å²) < 4.78 is 0. The van der Waals surface area contributed by atoms with E-state index < -0.39 is 0 Å². The van der Waals surface area contributed by atoms with E-state index in [0.717, 1.165) is 12.8 Å². The molecule has 2 aliphatic rings. The Morgan fingerprint density at radius 3 is 2.29 bits per heavy atom. The SMILES string of the molecule is CC12CCC(C(=NO)C1=NO)C2(C)C. The van der Waals surface area contributed by atoms with Gasteiger partial charge in [0.15, 0.2) is 0 Å². The van der Waals surface area contributed by atoms with Crippen LogP contribution in [0.25, 0.3) is 0 Å². The molecule has 4 heteroatoms. The summed E-state index contributed by atoms with van der Waals surface area (Å²) in [7, 11) is 0. The van der Waals surface area contributed by atoms with Crippen molar-refractivity contribution in [3.05, 3.63) is 0 Å². The number of hydrogen-bond donors (Lipinski definition) is 2. The first kappa shape index (κ1) is 9.49. The number of oxime groups is 2. The fourth-order valence-corrected chi connectivity index (χ4v) is 3.13. The zero-order valence-corrected chi connectivity index (χ0v) is 8.78. The van der Waals surface area contributed by atoms with E-state index in [4.69, 9.17) is 10.4 Å². The highest BCUT2D eigenvalue weighted by Gasteiger charge is 2.64. The van der Waals surface area contributed by atoms with Gasteiger partial charge < -0.3 is 10.4 Å². The smallest absolute Gasteiger partial charge is 0.111 e. The van der Waals surface area contributed by atoms with Crippen LogP contribution in [0.1, 0.15) is 33.6 Å². The number of hydrogen-bond acceptors (Lipinski definition) is 4. The van der Waals surface area contributed by atoms with Crippen molar-refractivity contribution in [2.75, 3.05) is 0 Å². The molecule has 0 saturated heterocycles. The third-order valence-corrected chi connectivity index (χ3v) is 4.53. The second-order valence-electron chi connectivity index (χ2n) is 5.08. The lowest BCUT2D eigenvalue weighted by Crippen LogP contribution is -2.33. The molecule has 78 valence electrons. The van der Waals surface area contributed by atoms with E-state index in [1.165, 1.54) is 0 Å². The normalized spacial score (nSPS) is 45.2. The van der Waals surface area contributed by atoms with E-state index in [0.29, 0.717) is 11.4 Å². The Bertz CT molecular complexity index is 333. The second kappa shape index (κ2) is 2.49. The molecule has 2 saturated carbocycles. The van der Waals surface area contributed by atoms with Crippen molar-refractivity contribution in [3.63, 3.8) is 0 Å². The predicted octanol–water partition coefficient (Wildman–Crippen LogP) is 2.10. The topological polar surface area (TPSA) is 65.2 Å². The van der Waals surface area contributed by atoms with Gasteiger partial charge in [-0.3, -0.25) is 0 Å². The first-order chi connectivity index (χ1) is 6.49. The molecule has 2 bridgehead atoms. The lowest BCUT2D eigenvalue weighted by atomic mass is 9.70. The quantitative estimate of drug-likeness (QED) is 0.460. The maximum absolute atomic E-state index is 8.98. The van der Waals surface area contributed by atoms with Gasteiger partial charge in [-0.1, -0.05) is 31.1 Å². The summed E-state index contributed by atoms with van der Waals surface area (Å²) >= 11 is 0. The molecule has 0 heterocycles. The van der Waals surface area contributed by atoms with Crippen LogP contribution in [-0.2, 0) is 0 Å². The summed E-state index contributed by atoms with van der Waals surface area (Å²) in [6.07, 6.45) is 2.02. The van der Waals surface area contributed by atoms with Crippen molar-refractivity contribution in [2.45, 2.75) is 33.6 Å². The van der Waals surface area contributed by atoms with Crippen molar-refractivity contribution >= 4 is 11.4 Å². The Hall–Kier alpha value is -1.06. The molecule has 14 heavy (non-hydrogen) atoms. The third kappa shape index (κ3) is 0.751. The summed E-state index contributed by atoms with van der Waals surface area (Å²) in [6.45, 7) is 6.38. The van der Waals surface area contributed by atoms with Crippen molar-refractivity contribution in [1.82, 2.24) is 0 Å². The average molecular weight is 196 g/mol. The van der Waals surface area contributed by atoms with Gasteiger partial charge in [0.05, 0.1) is 0 Å². The van der Waals surface area contributed by atoms with Gasteiger partial charge in [-0.05, 0) is 18.3 Å². The minimum atomic E-state index is -0.145. The Labute approximate surface area is 83.3 Å². The fourth-order valence-electron chi connectivity index (χ4n) is 3.13. The monoisotopic (exact) mass is 196 g/mol. The molecule has 2 aliphatic carbocycles. The van der Waals surface area contributed by atoms with E-state index in [1.807, 2.05) is 0 Å². The molecule has 2 fully saturated rings. The van der Waals surface area contributed by atoms with Crippen molar-refractivity contribution in [3.8, 4) is 0 Å². The van der Waals surface area contributed by atoms with Crippen molar-refractivity contribution in [1.29, 1.82) is 0 Å². The highest BCUT2D eigenvalue weighted by Crippen LogP contribution is 2.62. The van der Waals surface area contributed by atoms with Gasteiger partial charge in [0.2, 0.25) is 0 Å². The van der Waals surface area contributed by atoms with Gasteiger partial charge >= 0.3 is 0 Å². The van der Waals surface area contributed by atoms with E-state index >= 15 is 0 Å². The molecule has 0 amide bonds. The Morgan fingerprint density at radius 1 is 1.21 bits per heavy atom. The molecule has 2 atom stereocenters. The van der Waals surface area contributed by atoms with Crippen LogP contribution < -0.4 is 0 Å².